The van der Waals surface area contributed by atoms with Crippen molar-refractivity contribution in [2.75, 3.05) is 45.3 Å². The van der Waals surface area contributed by atoms with Crippen molar-refractivity contribution in [1.29, 1.82) is 0 Å². The molecule has 3 fully saturated rings. The van der Waals surface area contributed by atoms with Crippen LogP contribution in [0.2, 0.25) is 5.02 Å². The molecule has 0 aromatic heterocycles. The van der Waals surface area contributed by atoms with E-state index < -0.39 is 18.2 Å². The van der Waals surface area contributed by atoms with Crippen molar-refractivity contribution in [2.45, 2.75) is 38.0 Å². The minimum Gasteiger partial charge on any atom is -0.508 e. The number of rotatable bonds is 11. The average molecular weight is 743 g/mol. The van der Waals surface area contributed by atoms with Crippen molar-refractivity contribution in [3.8, 4) is 17.2 Å². The number of dihydropyridines is 1. The maximum atomic E-state index is 13.7. The Hall–Kier alpha value is -4.09. The van der Waals surface area contributed by atoms with Crippen LogP contribution in [-0.4, -0.2) is 68.6 Å². The number of benzene rings is 3. The molecule has 13 heteroatoms. The zero-order chi connectivity index (χ0) is 35.4. The summed E-state index contributed by atoms with van der Waals surface area (Å²) in [7, 11) is 3.07. The molecule has 10 nitrogen and oxygen atoms in total. The Bertz CT molecular complexity index is 1790. The maximum Gasteiger partial charge on any atom is 0.414 e. The molecule has 0 saturated carbocycles. The number of fused-ring (bicyclic) bond motifs is 3. The summed E-state index contributed by atoms with van der Waals surface area (Å²) in [4.78, 5) is 31.0. The molecule has 0 spiro atoms. The molecule has 3 aromatic rings. The molecular formula is C37H38Cl3N3O7. The second-order valence-electron chi connectivity index (χ2n) is 12.4. The van der Waals surface area contributed by atoms with Gasteiger partial charge < -0.3 is 29.4 Å². The molecule has 2 atom stereocenters. The number of esters is 1. The smallest absolute Gasteiger partial charge is 0.414 e. The lowest BCUT2D eigenvalue weighted by Crippen LogP contribution is -2.53. The highest BCUT2D eigenvalue weighted by Gasteiger charge is 2.38. The van der Waals surface area contributed by atoms with Crippen molar-refractivity contribution in [3.05, 3.63) is 104 Å². The number of nitrogens with one attached hydrogen (secondary N) is 1. The highest BCUT2D eigenvalue weighted by atomic mass is 35.5. The molecule has 3 saturated heterocycles. The summed E-state index contributed by atoms with van der Waals surface area (Å²) in [6.45, 7) is 3.20. The second-order valence-corrected chi connectivity index (χ2v) is 13.7. The van der Waals surface area contributed by atoms with Gasteiger partial charge in [-0.25, -0.2) is 9.59 Å². The predicted molar refractivity (Wildman–Crippen MR) is 192 cm³/mol. The summed E-state index contributed by atoms with van der Waals surface area (Å²) in [5.41, 5.74) is 2.63. The lowest BCUT2D eigenvalue weighted by molar-refractivity contribution is -0.0311. The van der Waals surface area contributed by atoms with Gasteiger partial charge in [-0.15, -0.1) is 0 Å². The third-order valence-electron chi connectivity index (χ3n) is 9.34. The van der Waals surface area contributed by atoms with Gasteiger partial charge in [0.05, 0.1) is 48.6 Å². The second kappa shape index (κ2) is 15.9. The van der Waals surface area contributed by atoms with Crippen LogP contribution in [0.3, 0.4) is 0 Å². The van der Waals surface area contributed by atoms with Crippen molar-refractivity contribution in [2.24, 2.45) is 5.92 Å². The predicted octanol–water partition coefficient (Wildman–Crippen LogP) is 7.76. The van der Waals surface area contributed by atoms with Gasteiger partial charge in [0.2, 0.25) is 0 Å². The molecule has 2 N–H and O–H groups in total. The molecule has 264 valence electrons. The number of aromatic hydroxyl groups is 1. The van der Waals surface area contributed by atoms with Gasteiger partial charge in [0, 0.05) is 30.3 Å². The van der Waals surface area contributed by atoms with Crippen LogP contribution in [0.4, 0.5) is 10.5 Å². The largest absolute Gasteiger partial charge is 0.508 e. The Labute approximate surface area is 306 Å². The molecule has 4 aliphatic heterocycles. The van der Waals surface area contributed by atoms with Gasteiger partial charge in [-0.2, -0.15) is 0 Å². The Morgan fingerprint density at radius 2 is 1.72 bits per heavy atom. The number of methoxy groups -OCH3 is 2. The maximum absolute atomic E-state index is 13.7. The van der Waals surface area contributed by atoms with Gasteiger partial charge in [0.1, 0.15) is 18.0 Å². The Morgan fingerprint density at radius 1 is 0.980 bits per heavy atom. The first-order chi connectivity index (χ1) is 24.1. The fourth-order valence-corrected chi connectivity index (χ4v) is 7.34. The number of hydrogen-bond acceptors (Lipinski definition) is 9. The lowest BCUT2D eigenvalue weighted by atomic mass is 9.86. The summed E-state index contributed by atoms with van der Waals surface area (Å²) < 4.78 is 23.0. The minimum absolute atomic E-state index is 0.0366. The highest BCUT2D eigenvalue weighted by Crippen LogP contribution is 2.38. The van der Waals surface area contributed by atoms with E-state index in [1.165, 1.54) is 30.2 Å². The molecule has 50 heavy (non-hydrogen) atoms. The van der Waals surface area contributed by atoms with Crippen LogP contribution in [0.25, 0.3) is 0 Å². The Kier molecular flexibility index (Phi) is 11.3. The summed E-state index contributed by atoms with van der Waals surface area (Å²) >= 11 is 19.5. The number of nitrogens with zero attached hydrogens (tertiary/aromatic N) is 2. The van der Waals surface area contributed by atoms with Gasteiger partial charge in [-0.3, -0.25) is 9.80 Å². The van der Waals surface area contributed by atoms with Crippen molar-refractivity contribution >= 4 is 52.6 Å². The molecular weight excluding hydrogens is 705 g/mol. The van der Waals surface area contributed by atoms with Crippen molar-refractivity contribution in [1.82, 2.24) is 10.2 Å². The normalized spacial score (nSPS) is 20.3. The quantitative estimate of drug-likeness (QED) is 0.191. The number of anilines is 1. The Balaban J connectivity index is 1.22. The SMILES string of the molecule is COc1ccc([C@H](CC2=C(Cl)CNC=C2Cl)OC(=O)c2ccc(CN(C(=O)O[C@H]3CN4CCC3CC4)c3cc(O)ccc3Cl)cc2)cc1OC. The molecule has 7 rings (SSSR count). The third-order valence-corrected chi connectivity index (χ3v) is 10.4. The van der Waals surface area contributed by atoms with Crippen LogP contribution in [0, 0.1) is 5.92 Å². The summed E-state index contributed by atoms with van der Waals surface area (Å²) in [6, 6.07) is 16.5. The fraction of sp³-hybridized carbons (Fsp3) is 0.351. The lowest BCUT2D eigenvalue weighted by Gasteiger charge is -2.44. The van der Waals surface area contributed by atoms with Crippen LogP contribution in [0.1, 0.15) is 46.9 Å². The number of piperidine rings is 3. The summed E-state index contributed by atoms with van der Waals surface area (Å²) in [5.74, 6) is 0.711. The average Bonchev–Trinajstić information content (AvgIpc) is 3.13. The number of ether oxygens (including phenoxy) is 4. The molecule has 0 unspecified atom stereocenters. The van der Waals surface area contributed by atoms with Gasteiger partial charge in [0.15, 0.2) is 11.5 Å². The number of hydrogen-bond donors (Lipinski definition) is 2. The summed E-state index contributed by atoms with van der Waals surface area (Å²) in [5, 5.41) is 14.5. The first-order valence-electron chi connectivity index (χ1n) is 16.3. The van der Waals surface area contributed by atoms with E-state index in [1.807, 2.05) is 0 Å². The topological polar surface area (TPSA) is 110 Å². The number of phenols is 1. The zero-order valence-corrected chi connectivity index (χ0v) is 29.9. The minimum atomic E-state index is -0.768. The fourth-order valence-electron chi connectivity index (χ4n) is 6.55. The number of phenolic OH excluding ortho intramolecular Hbond substituents is 1. The zero-order valence-electron chi connectivity index (χ0n) is 27.7. The van der Waals surface area contributed by atoms with Gasteiger partial charge in [-0.1, -0.05) is 53.0 Å². The van der Waals surface area contributed by atoms with E-state index >= 15 is 0 Å². The van der Waals surface area contributed by atoms with E-state index in [0.717, 1.165) is 25.9 Å². The molecule has 2 bridgehead atoms. The molecule has 1 amide bonds. The van der Waals surface area contributed by atoms with E-state index in [4.69, 9.17) is 53.8 Å². The number of carbonyl (C=O) groups is 2. The van der Waals surface area contributed by atoms with E-state index in [9.17, 15) is 14.7 Å². The van der Waals surface area contributed by atoms with Crippen molar-refractivity contribution in [3.63, 3.8) is 0 Å². The summed E-state index contributed by atoms with van der Waals surface area (Å²) in [6.07, 6.45) is 2.31. The number of amides is 1. The van der Waals surface area contributed by atoms with Crippen LogP contribution in [0.15, 0.2) is 82.5 Å². The van der Waals surface area contributed by atoms with Gasteiger partial charge in [-0.05, 0) is 84.9 Å². The van der Waals surface area contributed by atoms with Gasteiger partial charge >= 0.3 is 12.1 Å². The first-order valence-corrected chi connectivity index (χ1v) is 17.4. The molecule has 4 aliphatic rings. The molecule has 3 aromatic carbocycles. The van der Waals surface area contributed by atoms with E-state index in [2.05, 4.69) is 10.2 Å². The van der Waals surface area contributed by atoms with E-state index in [1.54, 1.807) is 55.8 Å². The van der Waals surface area contributed by atoms with Crippen LogP contribution in [0.5, 0.6) is 17.2 Å². The number of allylic oxidation sites excluding steroid dienone is 1. The van der Waals surface area contributed by atoms with Crippen molar-refractivity contribution < 1.29 is 33.6 Å². The molecule has 0 aliphatic carbocycles. The molecule has 4 heterocycles. The Morgan fingerprint density at radius 3 is 2.38 bits per heavy atom. The van der Waals surface area contributed by atoms with Crippen LogP contribution in [-0.2, 0) is 16.0 Å². The van der Waals surface area contributed by atoms with E-state index in [-0.39, 0.29) is 29.8 Å². The van der Waals surface area contributed by atoms with Crippen LogP contribution < -0.4 is 19.7 Å². The molecule has 0 radical (unpaired) electrons. The standard InChI is InChI=1S/C37H38Cl3N3O7/c1-47-32-10-7-25(15-34(32)48-2)33(17-27-29(39)18-41-19-30(27)40)49-36(45)24-5-3-22(4-6-24)20-43(31-16-26(44)8-9-28(31)38)37(46)50-35-21-42-13-11-23(35)12-14-42/h3-10,15-16,18,23,33,35,41,44H,11-14,17,19-21H2,1-2H3/t33-,35-/m0/s1. The van der Waals surface area contributed by atoms with Gasteiger partial charge in [0.25, 0.3) is 0 Å². The van der Waals surface area contributed by atoms with Crippen LogP contribution >= 0.6 is 34.8 Å². The number of halogens is 3. The highest BCUT2D eigenvalue weighted by molar-refractivity contribution is 6.36. The first kappa shape index (κ1) is 35.7. The monoisotopic (exact) mass is 741 g/mol. The number of carbonyl (C=O) groups excluding carboxylic acids is 2. The third kappa shape index (κ3) is 8.10. The van der Waals surface area contributed by atoms with E-state index in [0.29, 0.717) is 68.5 Å².